The quantitative estimate of drug-likeness (QED) is 0.807. The van der Waals surface area contributed by atoms with Crippen LogP contribution in [0.5, 0.6) is 11.5 Å². The highest BCUT2D eigenvalue weighted by atomic mass is 16.7. The monoisotopic (exact) mass is 252 g/mol. The van der Waals surface area contributed by atoms with Crippen molar-refractivity contribution in [1.82, 2.24) is 0 Å². The third kappa shape index (κ3) is 3.62. The molecular weight excluding hydrogens is 232 g/mol. The van der Waals surface area contributed by atoms with Gasteiger partial charge in [0, 0.05) is 6.42 Å². The van der Waals surface area contributed by atoms with Gasteiger partial charge < -0.3 is 18.9 Å². The fourth-order valence-corrected chi connectivity index (χ4v) is 1.89. The van der Waals surface area contributed by atoms with E-state index in [1.807, 2.05) is 38.1 Å². The molecule has 0 aromatic heterocycles. The number of benzene rings is 1. The summed E-state index contributed by atoms with van der Waals surface area (Å²) < 4.78 is 21.9. The summed E-state index contributed by atoms with van der Waals surface area (Å²) in [5, 5.41) is 0. The van der Waals surface area contributed by atoms with Gasteiger partial charge in [-0.15, -0.1) is 0 Å². The summed E-state index contributed by atoms with van der Waals surface area (Å²) >= 11 is 0. The Labute approximate surface area is 108 Å². The summed E-state index contributed by atoms with van der Waals surface area (Å²) in [7, 11) is 1.65. The fourth-order valence-electron chi connectivity index (χ4n) is 1.89. The van der Waals surface area contributed by atoms with E-state index in [-0.39, 0.29) is 6.10 Å². The van der Waals surface area contributed by atoms with E-state index >= 15 is 0 Å². The molecule has 18 heavy (non-hydrogen) atoms. The summed E-state index contributed by atoms with van der Waals surface area (Å²) in [6.45, 7) is 5.12. The van der Waals surface area contributed by atoms with Crippen molar-refractivity contribution in [3.8, 4) is 11.5 Å². The van der Waals surface area contributed by atoms with Crippen LogP contribution in [0, 0.1) is 0 Å². The number of methoxy groups -OCH3 is 1. The van der Waals surface area contributed by atoms with E-state index in [9.17, 15) is 0 Å². The van der Waals surface area contributed by atoms with Crippen molar-refractivity contribution in [3.63, 3.8) is 0 Å². The lowest BCUT2D eigenvalue weighted by Crippen LogP contribution is -2.22. The average Bonchev–Trinajstić information content (AvgIpc) is 2.70. The second kappa shape index (κ2) is 5.59. The third-order valence-corrected chi connectivity index (χ3v) is 2.84. The molecule has 4 heteroatoms. The highest BCUT2D eigenvalue weighted by Crippen LogP contribution is 2.24. The molecule has 1 aliphatic rings. The van der Waals surface area contributed by atoms with Gasteiger partial charge in [-0.3, -0.25) is 0 Å². The van der Waals surface area contributed by atoms with Gasteiger partial charge in [-0.1, -0.05) is 0 Å². The molecule has 2 rings (SSSR count). The second-order valence-corrected chi connectivity index (χ2v) is 4.76. The predicted octanol–water partition coefficient (Wildman–Crippen LogP) is 2.62. The molecule has 4 nitrogen and oxygen atoms in total. The first-order chi connectivity index (χ1) is 8.59. The first-order valence-electron chi connectivity index (χ1n) is 6.18. The van der Waals surface area contributed by atoms with Crippen molar-refractivity contribution in [2.45, 2.75) is 32.2 Å². The molecule has 0 aliphatic carbocycles. The Balaban J connectivity index is 1.72. The van der Waals surface area contributed by atoms with Gasteiger partial charge in [0.25, 0.3) is 0 Å². The Hall–Kier alpha value is -1.26. The van der Waals surface area contributed by atoms with E-state index in [0.717, 1.165) is 17.9 Å². The Morgan fingerprint density at radius 2 is 1.89 bits per heavy atom. The third-order valence-electron chi connectivity index (χ3n) is 2.84. The van der Waals surface area contributed by atoms with Crippen LogP contribution in [-0.4, -0.2) is 32.2 Å². The second-order valence-electron chi connectivity index (χ2n) is 4.76. The molecule has 1 saturated heterocycles. The maximum atomic E-state index is 5.70. The lowest BCUT2D eigenvalue weighted by atomic mass is 10.3. The fraction of sp³-hybridized carbons (Fsp3) is 0.571. The Bertz CT molecular complexity index is 372. The van der Waals surface area contributed by atoms with Crippen LogP contribution in [0.15, 0.2) is 24.3 Å². The van der Waals surface area contributed by atoms with Gasteiger partial charge in [-0.05, 0) is 38.1 Å². The normalized spacial score (nSPS) is 21.8. The summed E-state index contributed by atoms with van der Waals surface area (Å²) in [4.78, 5) is 0. The molecule has 0 amide bonds. The number of rotatable bonds is 5. The summed E-state index contributed by atoms with van der Waals surface area (Å²) in [6.07, 6.45) is 0.952. The van der Waals surface area contributed by atoms with Crippen molar-refractivity contribution < 1.29 is 18.9 Å². The van der Waals surface area contributed by atoms with Crippen molar-refractivity contribution in [1.29, 1.82) is 0 Å². The molecule has 1 aromatic rings. The van der Waals surface area contributed by atoms with Crippen LogP contribution in [0.25, 0.3) is 0 Å². The largest absolute Gasteiger partial charge is 0.497 e. The van der Waals surface area contributed by atoms with Crippen LogP contribution in [0.2, 0.25) is 0 Å². The van der Waals surface area contributed by atoms with E-state index in [1.54, 1.807) is 7.11 Å². The minimum absolute atomic E-state index is 0.123. The van der Waals surface area contributed by atoms with Crippen LogP contribution in [-0.2, 0) is 9.47 Å². The molecule has 1 aromatic carbocycles. The van der Waals surface area contributed by atoms with Gasteiger partial charge in [-0.2, -0.15) is 0 Å². The van der Waals surface area contributed by atoms with Gasteiger partial charge in [-0.25, -0.2) is 0 Å². The van der Waals surface area contributed by atoms with Crippen molar-refractivity contribution in [2.24, 2.45) is 0 Å². The zero-order chi connectivity index (χ0) is 13.0. The molecule has 1 heterocycles. The van der Waals surface area contributed by atoms with E-state index in [0.29, 0.717) is 13.2 Å². The van der Waals surface area contributed by atoms with E-state index in [1.165, 1.54) is 0 Å². The molecule has 1 atom stereocenters. The minimum Gasteiger partial charge on any atom is -0.497 e. The molecule has 1 fully saturated rings. The van der Waals surface area contributed by atoms with Crippen LogP contribution in [0.4, 0.5) is 0 Å². The summed E-state index contributed by atoms with van der Waals surface area (Å²) in [6, 6.07) is 7.56. The zero-order valence-electron chi connectivity index (χ0n) is 11.1. The Morgan fingerprint density at radius 3 is 2.44 bits per heavy atom. The van der Waals surface area contributed by atoms with Crippen LogP contribution < -0.4 is 9.47 Å². The van der Waals surface area contributed by atoms with E-state index in [2.05, 4.69) is 0 Å². The standard InChI is InChI=1S/C14H20O4/c1-14(2)17-10-13(18-14)8-9-16-12-6-4-11(15-3)5-7-12/h4-7,13H,8-10H2,1-3H3/t13-/m0/s1. The van der Waals surface area contributed by atoms with Crippen LogP contribution >= 0.6 is 0 Å². The Morgan fingerprint density at radius 1 is 1.22 bits per heavy atom. The molecule has 1 aliphatic heterocycles. The Kier molecular flexibility index (Phi) is 4.09. The minimum atomic E-state index is -0.454. The maximum absolute atomic E-state index is 5.70. The average molecular weight is 252 g/mol. The summed E-state index contributed by atoms with van der Waals surface area (Å²) in [5.74, 6) is 1.22. The number of hydrogen-bond acceptors (Lipinski definition) is 4. The first-order valence-corrected chi connectivity index (χ1v) is 6.18. The van der Waals surface area contributed by atoms with E-state index in [4.69, 9.17) is 18.9 Å². The van der Waals surface area contributed by atoms with Gasteiger partial charge in [0.1, 0.15) is 11.5 Å². The first kappa shape index (κ1) is 13.2. The SMILES string of the molecule is COc1ccc(OCC[C@H]2COC(C)(C)O2)cc1. The van der Waals surface area contributed by atoms with Crippen LogP contribution in [0.3, 0.4) is 0 Å². The lowest BCUT2D eigenvalue weighted by Gasteiger charge is -2.17. The molecule has 0 spiro atoms. The molecule has 0 bridgehead atoms. The van der Waals surface area contributed by atoms with Gasteiger partial charge in [0.2, 0.25) is 0 Å². The van der Waals surface area contributed by atoms with Crippen molar-refractivity contribution in [2.75, 3.05) is 20.3 Å². The molecular formula is C14H20O4. The van der Waals surface area contributed by atoms with Gasteiger partial charge in [0.15, 0.2) is 5.79 Å². The van der Waals surface area contributed by atoms with Crippen LogP contribution in [0.1, 0.15) is 20.3 Å². The lowest BCUT2D eigenvalue weighted by molar-refractivity contribution is -0.139. The van der Waals surface area contributed by atoms with Crippen molar-refractivity contribution >= 4 is 0 Å². The number of ether oxygens (including phenoxy) is 4. The van der Waals surface area contributed by atoms with Gasteiger partial charge in [0.05, 0.1) is 26.4 Å². The predicted molar refractivity (Wildman–Crippen MR) is 68.0 cm³/mol. The molecule has 100 valence electrons. The molecule has 0 saturated carbocycles. The van der Waals surface area contributed by atoms with Gasteiger partial charge >= 0.3 is 0 Å². The molecule has 0 radical (unpaired) electrons. The maximum Gasteiger partial charge on any atom is 0.163 e. The summed E-state index contributed by atoms with van der Waals surface area (Å²) in [5.41, 5.74) is 0. The topological polar surface area (TPSA) is 36.9 Å². The molecule has 0 unspecified atom stereocenters. The highest BCUT2D eigenvalue weighted by Gasteiger charge is 2.32. The smallest absolute Gasteiger partial charge is 0.163 e. The van der Waals surface area contributed by atoms with E-state index < -0.39 is 5.79 Å². The van der Waals surface area contributed by atoms with Crippen molar-refractivity contribution in [3.05, 3.63) is 24.3 Å². The highest BCUT2D eigenvalue weighted by molar-refractivity contribution is 5.31. The zero-order valence-corrected chi connectivity index (χ0v) is 11.1. The molecule has 0 N–H and O–H groups in total. The number of hydrogen-bond donors (Lipinski definition) is 0.